The normalized spacial score (nSPS) is 14.4. The Morgan fingerprint density at radius 2 is 1.55 bits per heavy atom. The van der Waals surface area contributed by atoms with Crippen molar-refractivity contribution in [1.29, 1.82) is 0 Å². The van der Waals surface area contributed by atoms with Crippen LogP contribution in [0.4, 0.5) is 9.59 Å². The van der Waals surface area contributed by atoms with Crippen molar-refractivity contribution in [2.45, 2.75) is 71.1 Å². The van der Waals surface area contributed by atoms with Crippen LogP contribution in [0.2, 0.25) is 0 Å². The number of carbonyl (C=O) groups excluding carboxylic acids is 3. The molecule has 3 atom stereocenters. The summed E-state index contributed by atoms with van der Waals surface area (Å²) in [5.74, 6) is 0.391. The smallest absolute Gasteiger partial charge is 0.407 e. The number of rotatable bonds is 16. The van der Waals surface area contributed by atoms with Gasteiger partial charge < -0.3 is 30.9 Å². The Morgan fingerprint density at radius 1 is 0.936 bits per heavy atom. The van der Waals surface area contributed by atoms with Gasteiger partial charge in [-0.15, -0.1) is 23.1 Å². The minimum absolute atomic E-state index is 0.142. The molecule has 3 aromatic rings. The van der Waals surface area contributed by atoms with Crippen LogP contribution >= 0.6 is 23.1 Å². The molecule has 4 N–H and O–H groups in total. The summed E-state index contributed by atoms with van der Waals surface area (Å²) in [7, 11) is 1.70. The first-order valence-corrected chi connectivity index (χ1v) is 17.8. The molecule has 12 heteroatoms. The van der Waals surface area contributed by atoms with Gasteiger partial charge in [-0.25, -0.2) is 14.6 Å². The Balaban J connectivity index is 1.42. The summed E-state index contributed by atoms with van der Waals surface area (Å²) in [6, 6.07) is 18.5. The molecule has 10 nitrogen and oxygen atoms in total. The summed E-state index contributed by atoms with van der Waals surface area (Å²) in [5.41, 5.74) is 3.00. The molecule has 2 aromatic carbocycles. The average molecular weight is 679 g/mol. The highest BCUT2D eigenvalue weighted by atomic mass is 32.2. The van der Waals surface area contributed by atoms with E-state index in [9.17, 15) is 14.4 Å². The SMILES string of the molecule is Cc1nc(CN(C)C(=O)NC(C(=O)NC(CCC(Cc2ccccc2)NC(=O)OCC2=CNCS2)Cc2ccccc2)C(C)C)cs1. The standard InChI is InChI=1S/C35H46N6O4S2/c1-24(2)32(40-34(43)41(4)20-30-22-46-25(3)37-30)33(42)38-28(17-26-11-7-5-8-12-26)15-16-29(18-27-13-9-6-10-14-27)39-35(44)45-21-31-19-36-23-47-31/h5-14,19,22,24,28-29,32,36H,15-18,20-21,23H2,1-4H3,(H,38,42)(H,39,44)(H,40,43). The molecular formula is C35H46N6O4S2. The van der Waals surface area contributed by atoms with Crippen LogP contribution in [0, 0.1) is 12.8 Å². The molecule has 0 saturated carbocycles. The van der Waals surface area contributed by atoms with E-state index in [-0.39, 0.29) is 36.5 Å². The Labute approximate surface area is 286 Å². The van der Waals surface area contributed by atoms with Crippen LogP contribution in [0.25, 0.3) is 0 Å². The zero-order valence-electron chi connectivity index (χ0n) is 27.5. The number of carbonyl (C=O) groups is 3. The maximum Gasteiger partial charge on any atom is 0.407 e. The number of amides is 4. The number of ether oxygens (including phenoxy) is 1. The number of benzene rings is 2. The minimum atomic E-state index is -0.731. The molecule has 3 unspecified atom stereocenters. The maximum atomic E-state index is 13.8. The number of hydrogen-bond donors (Lipinski definition) is 4. The average Bonchev–Trinajstić information content (AvgIpc) is 3.73. The summed E-state index contributed by atoms with van der Waals surface area (Å²) in [4.78, 5) is 46.7. The van der Waals surface area contributed by atoms with Crippen molar-refractivity contribution in [1.82, 2.24) is 31.2 Å². The molecular weight excluding hydrogens is 633 g/mol. The zero-order valence-corrected chi connectivity index (χ0v) is 29.2. The third-order valence-corrected chi connectivity index (χ3v) is 9.51. The van der Waals surface area contributed by atoms with Gasteiger partial charge in [0, 0.05) is 35.6 Å². The van der Waals surface area contributed by atoms with E-state index < -0.39 is 12.1 Å². The molecule has 0 bridgehead atoms. The Morgan fingerprint density at radius 3 is 2.09 bits per heavy atom. The molecule has 4 amide bonds. The quantitative estimate of drug-likeness (QED) is 0.156. The number of nitrogens with one attached hydrogen (secondary N) is 4. The topological polar surface area (TPSA) is 125 Å². The van der Waals surface area contributed by atoms with Crippen molar-refractivity contribution >= 4 is 41.1 Å². The van der Waals surface area contributed by atoms with Crippen LogP contribution < -0.4 is 21.3 Å². The van der Waals surface area contributed by atoms with Crippen LogP contribution in [0.15, 0.2) is 77.1 Å². The predicted octanol–water partition coefficient (Wildman–Crippen LogP) is 5.60. The van der Waals surface area contributed by atoms with Crippen molar-refractivity contribution in [2.24, 2.45) is 5.92 Å². The van der Waals surface area contributed by atoms with Gasteiger partial charge in [0.25, 0.3) is 0 Å². The number of nitrogens with zero attached hydrogens (tertiary/aromatic N) is 2. The fourth-order valence-electron chi connectivity index (χ4n) is 5.27. The van der Waals surface area contributed by atoms with Crippen molar-refractivity contribution < 1.29 is 19.1 Å². The highest BCUT2D eigenvalue weighted by Gasteiger charge is 2.28. The van der Waals surface area contributed by atoms with Gasteiger partial charge in [0.15, 0.2) is 0 Å². The van der Waals surface area contributed by atoms with Gasteiger partial charge in [0.2, 0.25) is 5.91 Å². The summed E-state index contributed by atoms with van der Waals surface area (Å²) in [5, 5.41) is 15.2. The fraction of sp³-hybridized carbons (Fsp3) is 0.429. The van der Waals surface area contributed by atoms with E-state index in [2.05, 4.69) is 26.3 Å². The lowest BCUT2D eigenvalue weighted by atomic mass is 9.95. The molecule has 1 aliphatic heterocycles. The summed E-state index contributed by atoms with van der Waals surface area (Å²) >= 11 is 3.15. The third kappa shape index (κ3) is 12.3. The fourth-order valence-corrected chi connectivity index (χ4v) is 6.54. The van der Waals surface area contributed by atoms with Crippen molar-refractivity contribution in [2.75, 3.05) is 19.5 Å². The first-order chi connectivity index (χ1) is 22.7. The van der Waals surface area contributed by atoms with Gasteiger partial charge >= 0.3 is 12.1 Å². The Bertz CT molecular complexity index is 1470. The number of alkyl carbamates (subject to hydrolysis) is 1. The summed E-state index contributed by atoms with van der Waals surface area (Å²) < 4.78 is 5.52. The monoisotopic (exact) mass is 678 g/mol. The van der Waals surface area contributed by atoms with E-state index in [1.807, 2.05) is 93.0 Å². The van der Waals surface area contributed by atoms with Crippen LogP contribution in [0.5, 0.6) is 0 Å². The first-order valence-electron chi connectivity index (χ1n) is 16.0. The molecule has 1 aliphatic rings. The van der Waals surface area contributed by atoms with E-state index >= 15 is 0 Å². The molecule has 0 saturated heterocycles. The molecule has 1 aromatic heterocycles. The summed E-state index contributed by atoms with van der Waals surface area (Å²) in [6.07, 6.45) is 3.83. The van der Waals surface area contributed by atoms with Gasteiger partial charge in [-0.3, -0.25) is 4.79 Å². The second-order valence-electron chi connectivity index (χ2n) is 12.1. The van der Waals surface area contributed by atoms with Crippen LogP contribution in [0.3, 0.4) is 0 Å². The minimum Gasteiger partial charge on any atom is -0.444 e. The number of thioether (sulfide) groups is 1. The van der Waals surface area contributed by atoms with Gasteiger partial charge in [-0.2, -0.15) is 0 Å². The molecule has 252 valence electrons. The lowest BCUT2D eigenvalue weighted by molar-refractivity contribution is -0.124. The number of urea groups is 1. The molecule has 47 heavy (non-hydrogen) atoms. The molecule has 4 rings (SSSR count). The van der Waals surface area contributed by atoms with Crippen LogP contribution in [0.1, 0.15) is 48.5 Å². The van der Waals surface area contributed by atoms with Crippen molar-refractivity contribution in [3.05, 3.63) is 99.0 Å². The van der Waals surface area contributed by atoms with Crippen molar-refractivity contribution in [3.8, 4) is 0 Å². The van der Waals surface area contributed by atoms with E-state index in [4.69, 9.17) is 4.74 Å². The third-order valence-electron chi connectivity index (χ3n) is 7.77. The van der Waals surface area contributed by atoms with E-state index in [1.165, 1.54) is 16.2 Å². The molecule has 0 aliphatic carbocycles. The van der Waals surface area contributed by atoms with Crippen LogP contribution in [-0.4, -0.2) is 65.6 Å². The molecule has 2 heterocycles. The van der Waals surface area contributed by atoms with Crippen molar-refractivity contribution in [3.63, 3.8) is 0 Å². The Hall–Kier alpha value is -4.03. The van der Waals surface area contributed by atoms with Gasteiger partial charge in [-0.05, 0) is 49.7 Å². The largest absolute Gasteiger partial charge is 0.444 e. The predicted molar refractivity (Wildman–Crippen MR) is 189 cm³/mol. The first kappa shape index (κ1) is 35.8. The highest BCUT2D eigenvalue weighted by Crippen LogP contribution is 2.19. The molecule has 0 fully saturated rings. The number of hydrogen-bond acceptors (Lipinski definition) is 8. The summed E-state index contributed by atoms with van der Waals surface area (Å²) in [6.45, 7) is 6.33. The van der Waals surface area contributed by atoms with E-state index in [0.717, 1.165) is 32.6 Å². The lowest BCUT2D eigenvalue weighted by Gasteiger charge is -2.28. The van der Waals surface area contributed by atoms with E-state index in [0.29, 0.717) is 32.2 Å². The van der Waals surface area contributed by atoms with Gasteiger partial charge in [0.1, 0.15) is 12.6 Å². The van der Waals surface area contributed by atoms with Gasteiger partial charge in [-0.1, -0.05) is 74.5 Å². The number of aryl methyl sites for hydroxylation is 1. The number of thiazole rings is 1. The maximum absolute atomic E-state index is 13.8. The van der Waals surface area contributed by atoms with Crippen LogP contribution in [-0.2, 0) is 28.9 Å². The second-order valence-corrected chi connectivity index (χ2v) is 14.2. The second kappa shape index (κ2) is 18.3. The Kier molecular flexibility index (Phi) is 14.0. The zero-order chi connectivity index (χ0) is 33.6. The molecule has 0 spiro atoms. The lowest BCUT2D eigenvalue weighted by Crippen LogP contribution is -2.54. The highest BCUT2D eigenvalue weighted by molar-refractivity contribution is 8.03. The number of aromatic nitrogens is 1. The van der Waals surface area contributed by atoms with Gasteiger partial charge in [0.05, 0.1) is 23.1 Å². The van der Waals surface area contributed by atoms with E-state index in [1.54, 1.807) is 18.8 Å². The molecule has 0 radical (unpaired) electrons.